The minimum atomic E-state index is -0.729. The van der Waals surface area contributed by atoms with Crippen molar-refractivity contribution >= 4 is 28.4 Å². The van der Waals surface area contributed by atoms with Crippen LogP contribution < -0.4 is 21.9 Å². The molecule has 0 saturated heterocycles. The van der Waals surface area contributed by atoms with Gasteiger partial charge in [0, 0.05) is 11.9 Å². The summed E-state index contributed by atoms with van der Waals surface area (Å²) in [7, 11) is 0. The van der Waals surface area contributed by atoms with Gasteiger partial charge in [-0.2, -0.15) is 0 Å². The lowest BCUT2D eigenvalue weighted by Crippen LogP contribution is -2.41. The van der Waals surface area contributed by atoms with Crippen LogP contribution in [0.4, 0.5) is 11.5 Å². The second-order valence-electron chi connectivity index (χ2n) is 6.76. The number of H-pyrrole nitrogens is 1. The molecule has 8 nitrogen and oxygen atoms in total. The fourth-order valence-electron chi connectivity index (χ4n) is 3.38. The van der Waals surface area contributed by atoms with Gasteiger partial charge in [-0.15, -0.1) is 0 Å². The molecular weight excluding hydrogens is 384 g/mol. The lowest BCUT2D eigenvalue weighted by atomic mass is 10.2. The molecule has 30 heavy (non-hydrogen) atoms. The van der Waals surface area contributed by atoms with Crippen LogP contribution in [0.25, 0.3) is 11.0 Å². The molecule has 2 aromatic carbocycles. The van der Waals surface area contributed by atoms with Crippen molar-refractivity contribution in [2.24, 2.45) is 0 Å². The van der Waals surface area contributed by atoms with Crippen molar-refractivity contribution in [3.63, 3.8) is 0 Å². The van der Waals surface area contributed by atoms with Gasteiger partial charge in [0.25, 0.3) is 11.5 Å². The van der Waals surface area contributed by atoms with E-state index in [0.717, 1.165) is 10.9 Å². The van der Waals surface area contributed by atoms with Crippen molar-refractivity contribution in [3.8, 4) is 0 Å². The number of furan rings is 1. The SMILES string of the molecule is CCN(C(=O)c1cc2ccccc2o1)c1c(N)n(Cc2ccccc2)c(=O)[nH]c1=O. The molecule has 1 amide bonds. The molecule has 0 saturated carbocycles. The first kappa shape index (κ1) is 19.3. The van der Waals surface area contributed by atoms with E-state index in [-0.39, 0.29) is 30.4 Å². The number of aromatic amines is 1. The number of fused-ring (bicyclic) bond motifs is 1. The van der Waals surface area contributed by atoms with Gasteiger partial charge in [0.1, 0.15) is 11.4 Å². The van der Waals surface area contributed by atoms with E-state index in [1.165, 1.54) is 9.47 Å². The summed E-state index contributed by atoms with van der Waals surface area (Å²) < 4.78 is 6.89. The molecule has 8 heteroatoms. The first-order valence-electron chi connectivity index (χ1n) is 9.46. The minimum Gasteiger partial charge on any atom is -0.451 e. The van der Waals surface area contributed by atoms with Gasteiger partial charge >= 0.3 is 5.69 Å². The maximum Gasteiger partial charge on any atom is 0.330 e. The topological polar surface area (TPSA) is 114 Å². The lowest BCUT2D eigenvalue weighted by Gasteiger charge is -2.22. The number of carbonyl (C=O) groups is 1. The molecule has 0 spiro atoms. The van der Waals surface area contributed by atoms with Crippen molar-refractivity contribution in [2.45, 2.75) is 13.5 Å². The van der Waals surface area contributed by atoms with Crippen molar-refractivity contribution < 1.29 is 9.21 Å². The molecule has 152 valence electrons. The molecule has 0 unspecified atom stereocenters. The molecule has 0 fully saturated rings. The molecule has 4 rings (SSSR count). The van der Waals surface area contributed by atoms with Crippen LogP contribution in [0, 0.1) is 0 Å². The Hall–Kier alpha value is -4.07. The summed E-state index contributed by atoms with van der Waals surface area (Å²) in [5.74, 6) is -0.521. The molecule has 2 aromatic heterocycles. The van der Waals surface area contributed by atoms with Gasteiger partial charge in [-0.05, 0) is 24.6 Å². The number of nitrogen functional groups attached to an aromatic ring is 1. The number of carbonyl (C=O) groups excluding carboxylic acids is 1. The summed E-state index contributed by atoms with van der Waals surface area (Å²) >= 11 is 0. The van der Waals surface area contributed by atoms with Crippen LogP contribution >= 0.6 is 0 Å². The normalized spacial score (nSPS) is 11.0. The number of para-hydroxylation sites is 1. The van der Waals surface area contributed by atoms with Crippen LogP contribution in [0.3, 0.4) is 0 Å². The average Bonchev–Trinajstić information content (AvgIpc) is 3.19. The van der Waals surface area contributed by atoms with Gasteiger partial charge in [-0.25, -0.2) is 4.79 Å². The molecule has 0 aliphatic carbocycles. The average molecular weight is 404 g/mol. The Kier molecular flexibility index (Phi) is 4.97. The van der Waals surface area contributed by atoms with E-state index in [1.54, 1.807) is 25.1 Å². The monoisotopic (exact) mass is 404 g/mol. The highest BCUT2D eigenvalue weighted by molar-refractivity contribution is 6.07. The number of amides is 1. The number of aromatic nitrogens is 2. The predicted molar refractivity (Wildman–Crippen MR) is 115 cm³/mol. The van der Waals surface area contributed by atoms with Crippen molar-refractivity contribution in [3.05, 3.63) is 92.8 Å². The Morgan fingerprint density at radius 3 is 2.50 bits per heavy atom. The Morgan fingerprint density at radius 2 is 1.80 bits per heavy atom. The number of benzene rings is 2. The Morgan fingerprint density at radius 1 is 1.10 bits per heavy atom. The van der Waals surface area contributed by atoms with Crippen LogP contribution in [0.2, 0.25) is 0 Å². The molecule has 0 aliphatic rings. The zero-order valence-corrected chi connectivity index (χ0v) is 16.3. The number of nitrogens with two attached hydrogens (primary N) is 1. The molecule has 3 N–H and O–H groups in total. The summed E-state index contributed by atoms with van der Waals surface area (Å²) in [6.45, 7) is 2.03. The lowest BCUT2D eigenvalue weighted by molar-refractivity contribution is 0.0963. The highest BCUT2D eigenvalue weighted by atomic mass is 16.3. The van der Waals surface area contributed by atoms with Crippen LogP contribution in [0.1, 0.15) is 23.0 Å². The van der Waals surface area contributed by atoms with Crippen molar-refractivity contribution in [1.29, 1.82) is 0 Å². The standard InChI is InChI=1S/C22H20N4O4/c1-2-25(21(28)17-12-15-10-6-7-11-16(15)30-17)18-19(23)26(22(29)24-20(18)27)13-14-8-4-3-5-9-14/h3-12H,2,13,23H2,1H3,(H,24,27,29). The zero-order valence-electron chi connectivity index (χ0n) is 16.3. The number of hydrogen-bond donors (Lipinski definition) is 2. The molecule has 0 aliphatic heterocycles. The molecule has 0 radical (unpaired) electrons. The van der Waals surface area contributed by atoms with Crippen molar-refractivity contribution in [2.75, 3.05) is 17.2 Å². The number of anilines is 2. The Labute approximate surface area is 171 Å². The number of hydrogen-bond acceptors (Lipinski definition) is 5. The number of nitrogens with one attached hydrogen (secondary N) is 1. The first-order valence-corrected chi connectivity index (χ1v) is 9.46. The fraction of sp³-hybridized carbons (Fsp3) is 0.136. The van der Waals surface area contributed by atoms with E-state index in [4.69, 9.17) is 10.2 Å². The smallest absolute Gasteiger partial charge is 0.330 e. The second kappa shape index (κ2) is 7.75. The number of rotatable bonds is 5. The Bertz CT molecular complexity index is 1300. The summed E-state index contributed by atoms with van der Waals surface area (Å²) in [5.41, 5.74) is 6.16. The predicted octanol–water partition coefficient (Wildman–Crippen LogP) is 2.58. The van der Waals surface area contributed by atoms with Gasteiger partial charge < -0.3 is 10.2 Å². The van der Waals surface area contributed by atoms with E-state index < -0.39 is 17.2 Å². The summed E-state index contributed by atoms with van der Waals surface area (Å²) in [6, 6.07) is 18.1. The van der Waals surface area contributed by atoms with E-state index >= 15 is 0 Å². The van der Waals surface area contributed by atoms with E-state index in [9.17, 15) is 14.4 Å². The van der Waals surface area contributed by atoms with Crippen LogP contribution in [0.5, 0.6) is 0 Å². The van der Waals surface area contributed by atoms with Gasteiger partial charge in [-0.1, -0.05) is 48.5 Å². The molecule has 4 aromatic rings. The third-order valence-electron chi connectivity index (χ3n) is 4.87. The maximum atomic E-state index is 13.1. The van der Waals surface area contributed by atoms with Gasteiger partial charge in [0.2, 0.25) is 0 Å². The second-order valence-corrected chi connectivity index (χ2v) is 6.76. The fourth-order valence-corrected chi connectivity index (χ4v) is 3.38. The largest absolute Gasteiger partial charge is 0.451 e. The zero-order chi connectivity index (χ0) is 21.3. The summed E-state index contributed by atoms with van der Waals surface area (Å²) in [6.07, 6.45) is 0. The maximum absolute atomic E-state index is 13.1. The van der Waals surface area contributed by atoms with Gasteiger partial charge in [-0.3, -0.25) is 24.0 Å². The van der Waals surface area contributed by atoms with Gasteiger partial charge in [0.05, 0.1) is 6.54 Å². The summed E-state index contributed by atoms with van der Waals surface area (Å²) in [5, 5.41) is 0.771. The molecule has 2 heterocycles. The molecule has 0 atom stereocenters. The summed E-state index contributed by atoms with van der Waals surface area (Å²) in [4.78, 5) is 41.6. The van der Waals surface area contributed by atoms with Crippen LogP contribution in [0.15, 0.2) is 74.7 Å². The van der Waals surface area contributed by atoms with E-state index in [0.29, 0.717) is 5.58 Å². The third kappa shape index (κ3) is 3.39. The first-order chi connectivity index (χ1) is 14.5. The van der Waals surface area contributed by atoms with Crippen molar-refractivity contribution in [1.82, 2.24) is 9.55 Å². The number of nitrogens with zero attached hydrogens (tertiary/aromatic N) is 2. The molecular formula is C22H20N4O4. The third-order valence-corrected chi connectivity index (χ3v) is 4.87. The van der Waals surface area contributed by atoms with Crippen LogP contribution in [-0.2, 0) is 6.54 Å². The Balaban J connectivity index is 1.79. The quantitative estimate of drug-likeness (QED) is 0.531. The highest BCUT2D eigenvalue weighted by Gasteiger charge is 2.26. The molecule has 0 bridgehead atoms. The van der Waals surface area contributed by atoms with E-state index in [1.807, 2.05) is 42.5 Å². The van der Waals surface area contributed by atoms with Gasteiger partial charge in [0.15, 0.2) is 11.4 Å². The highest BCUT2D eigenvalue weighted by Crippen LogP contribution is 2.24. The van der Waals surface area contributed by atoms with Crippen LogP contribution in [-0.4, -0.2) is 22.0 Å². The minimum absolute atomic E-state index is 0.0812. The van der Waals surface area contributed by atoms with E-state index in [2.05, 4.69) is 4.98 Å².